The zero-order chi connectivity index (χ0) is 21.0. The highest BCUT2D eigenvalue weighted by Crippen LogP contribution is 2.29. The van der Waals surface area contributed by atoms with Crippen LogP contribution in [-0.4, -0.2) is 31.3 Å². The molecule has 0 aliphatic carbocycles. The Hall–Kier alpha value is -4.41. The summed E-state index contributed by atoms with van der Waals surface area (Å²) in [6.07, 6.45) is 0. The number of nitrogens with zero attached hydrogens (tertiary/aromatic N) is 4. The van der Waals surface area contributed by atoms with Crippen molar-refractivity contribution in [2.75, 3.05) is 22.5 Å². The highest BCUT2D eigenvalue weighted by atomic mass is 19.1. The number of halogens is 1. The smallest absolute Gasteiger partial charge is 0.290 e. The van der Waals surface area contributed by atoms with Crippen molar-refractivity contribution in [1.82, 2.24) is 19.7 Å². The third-order valence-corrected chi connectivity index (χ3v) is 3.90. The molecule has 8 N–H and O–H groups in total. The standard InChI is InChI=1S/C17H15FN8.CH2O2/c18-10-6-2-3-7-11(10)22-16-9-5-1-4-8-12(9)26(25-16)17-23-14(20)13(19)15(21)24-17;2-1-3/h1-8H,19H2,(H,22,25)(H4,20,21,23,24);1H,(H,2,3). The lowest BCUT2D eigenvalue weighted by Gasteiger charge is -2.07. The molecule has 29 heavy (non-hydrogen) atoms. The highest BCUT2D eigenvalue weighted by molar-refractivity contribution is 5.92. The van der Waals surface area contributed by atoms with Crippen molar-refractivity contribution in [2.45, 2.75) is 0 Å². The molecular weight excluding hydrogens is 379 g/mol. The molecule has 4 rings (SSSR count). The second kappa shape index (κ2) is 8.08. The van der Waals surface area contributed by atoms with Gasteiger partial charge in [-0.15, -0.1) is 5.10 Å². The summed E-state index contributed by atoms with van der Waals surface area (Å²) >= 11 is 0. The van der Waals surface area contributed by atoms with Gasteiger partial charge in [0.05, 0.1) is 11.2 Å². The summed E-state index contributed by atoms with van der Waals surface area (Å²) in [5, 5.41) is 15.1. The van der Waals surface area contributed by atoms with Gasteiger partial charge in [-0.2, -0.15) is 14.6 Å². The SMILES string of the molecule is Nc1nc(-n2nc(Nc3ccccc3F)c3ccccc32)nc(N)c1N.O=CO. The minimum Gasteiger partial charge on any atom is -0.483 e. The molecule has 2 aromatic carbocycles. The van der Waals surface area contributed by atoms with Gasteiger partial charge in [0, 0.05) is 5.39 Å². The number of fused-ring (bicyclic) bond motifs is 1. The van der Waals surface area contributed by atoms with Crippen LogP contribution in [0.4, 0.5) is 33.2 Å². The van der Waals surface area contributed by atoms with Crippen LogP contribution >= 0.6 is 0 Å². The van der Waals surface area contributed by atoms with Gasteiger partial charge in [0.1, 0.15) is 11.5 Å². The van der Waals surface area contributed by atoms with Gasteiger partial charge in [-0.25, -0.2) is 4.39 Å². The van der Waals surface area contributed by atoms with Crippen LogP contribution in [0.3, 0.4) is 0 Å². The molecule has 0 saturated heterocycles. The summed E-state index contributed by atoms with van der Waals surface area (Å²) in [7, 11) is 0. The Morgan fingerprint density at radius 1 is 1.00 bits per heavy atom. The molecule has 0 radical (unpaired) electrons. The van der Waals surface area contributed by atoms with E-state index in [1.807, 2.05) is 24.3 Å². The summed E-state index contributed by atoms with van der Waals surface area (Å²) < 4.78 is 15.5. The number of carbonyl (C=O) groups is 1. The number of nitrogens with two attached hydrogens (primary N) is 3. The number of nitrogen functional groups attached to an aromatic ring is 3. The second-order valence-corrected chi connectivity index (χ2v) is 5.70. The maximum Gasteiger partial charge on any atom is 0.290 e. The van der Waals surface area contributed by atoms with Gasteiger partial charge in [-0.05, 0) is 24.3 Å². The Morgan fingerprint density at radius 3 is 2.24 bits per heavy atom. The van der Waals surface area contributed by atoms with Gasteiger partial charge >= 0.3 is 0 Å². The summed E-state index contributed by atoms with van der Waals surface area (Å²) in [6.45, 7) is -0.250. The van der Waals surface area contributed by atoms with E-state index in [1.165, 1.54) is 10.7 Å². The van der Waals surface area contributed by atoms with E-state index in [4.69, 9.17) is 27.1 Å². The minimum atomic E-state index is -0.386. The van der Waals surface area contributed by atoms with Crippen molar-refractivity contribution in [3.05, 3.63) is 54.3 Å². The zero-order valence-electron chi connectivity index (χ0n) is 15.0. The maximum absolute atomic E-state index is 14.0. The molecule has 0 aliphatic heterocycles. The van der Waals surface area contributed by atoms with Crippen molar-refractivity contribution in [3.63, 3.8) is 0 Å². The molecule has 0 saturated carbocycles. The van der Waals surface area contributed by atoms with Crippen molar-refractivity contribution in [3.8, 4) is 5.95 Å². The predicted molar refractivity (Wildman–Crippen MR) is 108 cm³/mol. The summed E-state index contributed by atoms with van der Waals surface area (Å²) in [4.78, 5) is 16.7. The van der Waals surface area contributed by atoms with E-state index in [1.54, 1.807) is 18.2 Å². The molecule has 0 unspecified atom stereocenters. The number of hydrogen-bond donors (Lipinski definition) is 5. The Bertz CT molecular complexity index is 1150. The van der Waals surface area contributed by atoms with Gasteiger partial charge in [-0.3, -0.25) is 4.79 Å². The fourth-order valence-electron chi connectivity index (χ4n) is 2.59. The molecule has 11 heteroatoms. The highest BCUT2D eigenvalue weighted by Gasteiger charge is 2.16. The lowest BCUT2D eigenvalue weighted by Crippen LogP contribution is -2.11. The number of hydrogen-bond acceptors (Lipinski definition) is 8. The Morgan fingerprint density at radius 2 is 1.59 bits per heavy atom. The molecule has 0 spiro atoms. The van der Waals surface area contributed by atoms with E-state index in [9.17, 15) is 4.39 Å². The Labute approximate surface area is 163 Å². The van der Waals surface area contributed by atoms with Gasteiger partial charge in [0.25, 0.3) is 12.4 Å². The van der Waals surface area contributed by atoms with Gasteiger partial charge < -0.3 is 27.6 Å². The number of anilines is 5. The first-order chi connectivity index (χ1) is 14.0. The van der Waals surface area contributed by atoms with Crippen LogP contribution in [0.5, 0.6) is 0 Å². The number of para-hydroxylation sites is 2. The Kier molecular flexibility index (Phi) is 5.39. The van der Waals surface area contributed by atoms with Crippen LogP contribution in [0.15, 0.2) is 48.5 Å². The third-order valence-electron chi connectivity index (χ3n) is 3.90. The van der Waals surface area contributed by atoms with Crippen molar-refractivity contribution >= 4 is 46.2 Å². The van der Waals surface area contributed by atoms with E-state index in [0.717, 1.165) is 5.39 Å². The van der Waals surface area contributed by atoms with Gasteiger partial charge in [0.15, 0.2) is 17.5 Å². The molecule has 148 valence electrons. The summed E-state index contributed by atoms with van der Waals surface area (Å²) in [6, 6.07) is 13.7. The lowest BCUT2D eigenvalue weighted by atomic mass is 10.2. The van der Waals surface area contributed by atoms with Crippen LogP contribution in [0, 0.1) is 5.82 Å². The van der Waals surface area contributed by atoms with Gasteiger partial charge in [0.2, 0.25) is 0 Å². The number of rotatable bonds is 3. The zero-order valence-corrected chi connectivity index (χ0v) is 15.0. The molecule has 0 atom stereocenters. The maximum atomic E-state index is 14.0. The lowest BCUT2D eigenvalue weighted by molar-refractivity contribution is -0.122. The Balaban J connectivity index is 0.000000755. The van der Waals surface area contributed by atoms with E-state index in [0.29, 0.717) is 17.0 Å². The largest absolute Gasteiger partial charge is 0.483 e. The molecule has 0 amide bonds. The molecule has 0 aliphatic rings. The number of aromatic nitrogens is 4. The van der Waals surface area contributed by atoms with E-state index in [-0.39, 0.29) is 35.6 Å². The molecular formula is C18H17FN8O2. The molecule has 0 fully saturated rings. The number of nitrogens with one attached hydrogen (secondary N) is 1. The minimum absolute atomic E-state index is 0.0655. The number of carboxylic acid groups (broad SMARTS) is 1. The molecule has 2 heterocycles. The van der Waals surface area contributed by atoms with Crippen LogP contribution < -0.4 is 22.5 Å². The topological polar surface area (TPSA) is 171 Å². The summed E-state index contributed by atoms with van der Waals surface area (Å²) in [5.74, 6) is 0.366. The molecule has 0 bridgehead atoms. The first-order valence-corrected chi connectivity index (χ1v) is 8.22. The van der Waals surface area contributed by atoms with E-state index < -0.39 is 0 Å². The van der Waals surface area contributed by atoms with Crippen molar-refractivity contribution in [1.29, 1.82) is 0 Å². The van der Waals surface area contributed by atoms with Crippen molar-refractivity contribution < 1.29 is 14.3 Å². The molecule has 2 aromatic heterocycles. The second-order valence-electron chi connectivity index (χ2n) is 5.70. The quantitative estimate of drug-likeness (QED) is 0.325. The van der Waals surface area contributed by atoms with Crippen LogP contribution in [0.1, 0.15) is 0 Å². The third kappa shape index (κ3) is 3.83. The first-order valence-electron chi connectivity index (χ1n) is 8.22. The predicted octanol–water partition coefficient (Wildman–Crippen LogP) is 2.15. The van der Waals surface area contributed by atoms with Gasteiger partial charge in [-0.1, -0.05) is 24.3 Å². The van der Waals surface area contributed by atoms with Crippen LogP contribution in [-0.2, 0) is 4.79 Å². The average Bonchev–Trinajstić information content (AvgIpc) is 3.07. The average molecular weight is 396 g/mol. The monoisotopic (exact) mass is 396 g/mol. The van der Waals surface area contributed by atoms with E-state index >= 15 is 0 Å². The first kappa shape index (κ1) is 19.4. The van der Waals surface area contributed by atoms with E-state index in [2.05, 4.69) is 20.4 Å². The fourth-order valence-corrected chi connectivity index (χ4v) is 2.59. The fraction of sp³-hybridized carbons (Fsp3) is 0. The molecule has 4 aromatic rings. The molecule has 10 nitrogen and oxygen atoms in total. The number of benzene rings is 2. The van der Waals surface area contributed by atoms with Crippen LogP contribution in [0.25, 0.3) is 16.9 Å². The van der Waals surface area contributed by atoms with Crippen LogP contribution in [0.2, 0.25) is 0 Å². The van der Waals surface area contributed by atoms with Crippen molar-refractivity contribution in [2.24, 2.45) is 0 Å². The normalized spacial score (nSPS) is 10.2. The summed E-state index contributed by atoms with van der Waals surface area (Å²) in [5.41, 5.74) is 18.4.